The highest BCUT2D eigenvalue weighted by molar-refractivity contribution is 9.10. The molecule has 0 heterocycles. The summed E-state index contributed by atoms with van der Waals surface area (Å²) in [7, 11) is 0. The zero-order chi connectivity index (χ0) is 11.8. The van der Waals surface area contributed by atoms with Gasteiger partial charge in [0.2, 0.25) is 0 Å². The van der Waals surface area contributed by atoms with E-state index in [2.05, 4.69) is 15.9 Å². The van der Waals surface area contributed by atoms with Crippen molar-refractivity contribution < 1.29 is 22.0 Å². The molecule has 0 aliphatic carbocycles. The molecule has 84 valence electrons. The Bertz CT molecular complexity index is 376. The Labute approximate surface area is 90.2 Å². The Kier molecular flexibility index (Phi) is 3.34. The first kappa shape index (κ1) is 12.4. The van der Waals surface area contributed by atoms with E-state index < -0.39 is 29.4 Å². The minimum Gasteiger partial charge on any atom is -0.316 e. The molecule has 1 rings (SSSR count). The van der Waals surface area contributed by atoms with Crippen LogP contribution < -0.4 is 5.73 Å². The summed E-state index contributed by atoms with van der Waals surface area (Å²) >= 11 is 2.65. The van der Waals surface area contributed by atoms with Crippen LogP contribution in [0.25, 0.3) is 0 Å². The molecule has 0 aliphatic rings. The molecule has 0 bridgehead atoms. The number of halogens is 6. The molecule has 7 heteroatoms. The molecule has 1 atom stereocenters. The molecule has 0 saturated heterocycles. The highest BCUT2D eigenvalue weighted by atomic mass is 79.9. The van der Waals surface area contributed by atoms with E-state index in [0.717, 1.165) is 6.07 Å². The maximum Gasteiger partial charge on any atom is 0.407 e. The summed E-state index contributed by atoms with van der Waals surface area (Å²) < 4.78 is 62.3. The van der Waals surface area contributed by atoms with Gasteiger partial charge in [0.25, 0.3) is 0 Å². The molecular weight excluding hydrogens is 285 g/mol. The third-order valence-corrected chi connectivity index (χ3v) is 2.36. The molecule has 0 spiro atoms. The lowest BCUT2D eigenvalue weighted by molar-refractivity contribution is -0.150. The fourth-order valence-corrected chi connectivity index (χ4v) is 1.34. The van der Waals surface area contributed by atoms with Gasteiger partial charge in [-0.1, -0.05) is 0 Å². The molecule has 0 unspecified atom stereocenters. The minimum atomic E-state index is -4.89. The van der Waals surface area contributed by atoms with E-state index in [4.69, 9.17) is 5.73 Å². The molecule has 0 aliphatic heterocycles. The number of benzene rings is 1. The molecule has 1 aromatic rings. The fourth-order valence-electron chi connectivity index (χ4n) is 0.992. The summed E-state index contributed by atoms with van der Waals surface area (Å²) in [6.45, 7) is 0. The van der Waals surface area contributed by atoms with Crippen molar-refractivity contribution in [2.45, 2.75) is 12.2 Å². The zero-order valence-corrected chi connectivity index (χ0v) is 8.66. The molecule has 0 aromatic heterocycles. The van der Waals surface area contributed by atoms with Crippen LogP contribution in [0.3, 0.4) is 0 Å². The maximum atomic E-state index is 13.2. The Hall–Kier alpha value is -0.690. The monoisotopic (exact) mass is 289 g/mol. The SMILES string of the molecule is N[C@@H](c1c(F)ccc(Br)c1F)C(F)(F)F. The van der Waals surface area contributed by atoms with Crippen molar-refractivity contribution in [3.63, 3.8) is 0 Å². The topological polar surface area (TPSA) is 26.0 Å². The second kappa shape index (κ2) is 4.05. The average Bonchev–Trinajstić information content (AvgIpc) is 2.10. The molecule has 1 aromatic carbocycles. The number of hydrogen-bond acceptors (Lipinski definition) is 1. The Balaban J connectivity index is 3.31. The van der Waals surface area contributed by atoms with Crippen LogP contribution in [-0.2, 0) is 0 Å². The summed E-state index contributed by atoms with van der Waals surface area (Å²) in [5, 5.41) is 0. The lowest BCUT2D eigenvalue weighted by Gasteiger charge is -2.17. The van der Waals surface area contributed by atoms with Gasteiger partial charge in [0, 0.05) is 0 Å². The highest BCUT2D eigenvalue weighted by Gasteiger charge is 2.41. The smallest absolute Gasteiger partial charge is 0.316 e. The lowest BCUT2D eigenvalue weighted by atomic mass is 10.1. The molecule has 1 nitrogen and oxygen atoms in total. The third kappa shape index (κ3) is 2.46. The molecule has 0 saturated carbocycles. The summed E-state index contributed by atoms with van der Waals surface area (Å²) in [4.78, 5) is 0. The van der Waals surface area contributed by atoms with Crippen LogP contribution in [-0.4, -0.2) is 6.18 Å². The van der Waals surface area contributed by atoms with Gasteiger partial charge in [-0.15, -0.1) is 0 Å². The second-order valence-electron chi connectivity index (χ2n) is 2.78. The van der Waals surface area contributed by atoms with Crippen LogP contribution in [0.4, 0.5) is 22.0 Å². The predicted octanol–water partition coefficient (Wildman–Crippen LogP) is 3.29. The van der Waals surface area contributed by atoms with E-state index in [-0.39, 0.29) is 4.47 Å². The van der Waals surface area contributed by atoms with Gasteiger partial charge in [0.05, 0.1) is 10.0 Å². The van der Waals surface area contributed by atoms with Gasteiger partial charge in [-0.2, -0.15) is 13.2 Å². The van der Waals surface area contributed by atoms with Crippen LogP contribution in [0.1, 0.15) is 11.6 Å². The summed E-state index contributed by atoms with van der Waals surface area (Å²) in [5.74, 6) is -2.65. The Morgan fingerprint density at radius 2 is 1.73 bits per heavy atom. The zero-order valence-electron chi connectivity index (χ0n) is 7.08. The average molecular weight is 290 g/mol. The van der Waals surface area contributed by atoms with Crippen LogP contribution in [0.2, 0.25) is 0 Å². The van der Waals surface area contributed by atoms with Crippen LogP contribution in [0.15, 0.2) is 16.6 Å². The van der Waals surface area contributed by atoms with E-state index in [0.29, 0.717) is 6.07 Å². The van der Waals surface area contributed by atoms with Crippen molar-refractivity contribution in [1.82, 2.24) is 0 Å². The Morgan fingerprint density at radius 1 is 1.20 bits per heavy atom. The molecule has 0 radical (unpaired) electrons. The Morgan fingerprint density at radius 3 is 2.20 bits per heavy atom. The molecule has 2 N–H and O–H groups in total. The van der Waals surface area contributed by atoms with E-state index >= 15 is 0 Å². The quantitative estimate of drug-likeness (QED) is 0.623. The van der Waals surface area contributed by atoms with Gasteiger partial charge in [-0.25, -0.2) is 8.78 Å². The van der Waals surface area contributed by atoms with Gasteiger partial charge < -0.3 is 5.73 Å². The first-order valence-corrected chi connectivity index (χ1v) is 4.50. The number of alkyl halides is 3. The van der Waals surface area contributed by atoms with E-state index in [1.54, 1.807) is 0 Å². The number of nitrogens with two attached hydrogens (primary N) is 1. The third-order valence-electron chi connectivity index (χ3n) is 1.74. The first-order valence-electron chi connectivity index (χ1n) is 3.71. The van der Waals surface area contributed by atoms with Crippen molar-refractivity contribution in [1.29, 1.82) is 0 Å². The standard InChI is InChI=1S/C8H5BrF5N/c9-3-1-2-4(10)5(6(3)11)7(15)8(12,13)14/h1-2,7H,15H2/t7-/m0/s1. The fraction of sp³-hybridized carbons (Fsp3) is 0.250. The second-order valence-corrected chi connectivity index (χ2v) is 3.63. The van der Waals surface area contributed by atoms with Crippen molar-refractivity contribution in [2.75, 3.05) is 0 Å². The van der Waals surface area contributed by atoms with Crippen molar-refractivity contribution in [3.05, 3.63) is 33.8 Å². The predicted molar refractivity (Wildman–Crippen MR) is 47.0 cm³/mol. The molecule has 15 heavy (non-hydrogen) atoms. The number of rotatable bonds is 1. The van der Waals surface area contributed by atoms with Crippen LogP contribution in [0.5, 0.6) is 0 Å². The highest BCUT2D eigenvalue weighted by Crippen LogP contribution is 2.35. The molecule has 0 amide bonds. The van der Waals surface area contributed by atoms with Gasteiger partial charge in [0.15, 0.2) is 0 Å². The largest absolute Gasteiger partial charge is 0.407 e. The van der Waals surface area contributed by atoms with Crippen LogP contribution in [0, 0.1) is 11.6 Å². The first-order chi connectivity index (χ1) is 6.75. The lowest BCUT2D eigenvalue weighted by Crippen LogP contribution is -2.30. The maximum absolute atomic E-state index is 13.2. The summed E-state index contributed by atoms with van der Waals surface area (Å²) in [6, 6.07) is -0.985. The van der Waals surface area contributed by atoms with Gasteiger partial charge >= 0.3 is 6.18 Å². The summed E-state index contributed by atoms with van der Waals surface area (Å²) in [5.41, 5.74) is 3.53. The van der Waals surface area contributed by atoms with Gasteiger partial charge in [-0.3, -0.25) is 0 Å². The van der Waals surface area contributed by atoms with E-state index in [1.165, 1.54) is 0 Å². The normalized spacial score (nSPS) is 14.1. The van der Waals surface area contributed by atoms with Gasteiger partial charge in [0.1, 0.15) is 17.7 Å². The van der Waals surface area contributed by atoms with E-state index in [1.807, 2.05) is 0 Å². The van der Waals surface area contributed by atoms with Crippen molar-refractivity contribution in [3.8, 4) is 0 Å². The van der Waals surface area contributed by atoms with Crippen molar-refractivity contribution >= 4 is 15.9 Å². The van der Waals surface area contributed by atoms with E-state index in [9.17, 15) is 22.0 Å². The van der Waals surface area contributed by atoms with Crippen LogP contribution >= 0.6 is 15.9 Å². The van der Waals surface area contributed by atoms with Crippen molar-refractivity contribution in [2.24, 2.45) is 5.73 Å². The van der Waals surface area contributed by atoms with Gasteiger partial charge in [-0.05, 0) is 28.1 Å². The molecule has 0 fully saturated rings. The number of hydrogen-bond donors (Lipinski definition) is 1. The summed E-state index contributed by atoms with van der Waals surface area (Å²) in [6.07, 6.45) is -4.89. The minimum absolute atomic E-state index is 0.265. The molecular formula is C8H5BrF5N.